The number of furan rings is 1. The molecule has 172 valence electrons. The van der Waals surface area contributed by atoms with Crippen LogP contribution in [0.4, 0.5) is 5.95 Å². The Balaban J connectivity index is 0.00000300. The van der Waals surface area contributed by atoms with Gasteiger partial charge < -0.3 is 14.6 Å². The third-order valence-electron chi connectivity index (χ3n) is 3.96. The number of pyridine rings is 1. The van der Waals surface area contributed by atoms with Crippen LogP contribution in [0.25, 0.3) is 0 Å². The summed E-state index contributed by atoms with van der Waals surface area (Å²) in [6.07, 6.45) is 5.61. The molecule has 0 fully saturated rings. The fourth-order valence-corrected chi connectivity index (χ4v) is 3.42. The van der Waals surface area contributed by atoms with Gasteiger partial charge >= 0.3 is 0 Å². The van der Waals surface area contributed by atoms with Gasteiger partial charge in [0.25, 0.3) is 5.56 Å². The zero-order valence-corrected chi connectivity index (χ0v) is 20.6. The van der Waals surface area contributed by atoms with Crippen LogP contribution in [0.5, 0.6) is 0 Å². The smallest absolute Gasteiger partial charge is 0.255 e. The van der Waals surface area contributed by atoms with Crippen molar-refractivity contribution in [3.05, 3.63) is 75.9 Å². The SMILES string of the molecule is CN(C)Cc1ccc(CSCCNc2ncc(Cc3cccnc3)c(=O)[nH]2)o1.Cl.Cl.Cl. The van der Waals surface area contributed by atoms with E-state index in [1.54, 1.807) is 30.4 Å². The van der Waals surface area contributed by atoms with E-state index in [1.807, 2.05) is 38.4 Å². The molecule has 0 saturated carbocycles. The van der Waals surface area contributed by atoms with E-state index in [-0.39, 0.29) is 42.8 Å². The van der Waals surface area contributed by atoms with E-state index in [0.29, 0.717) is 24.5 Å². The maximum Gasteiger partial charge on any atom is 0.255 e. The third-order valence-corrected chi connectivity index (χ3v) is 4.94. The summed E-state index contributed by atoms with van der Waals surface area (Å²) >= 11 is 1.77. The second-order valence-corrected chi connectivity index (χ2v) is 7.81. The van der Waals surface area contributed by atoms with E-state index in [0.717, 1.165) is 35.1 Å². The molecule has 0 unspecified atom stereocenters. The second-order valence-electron chi connectivity index (χ2n) is 6.71. The van der Waals surface area contributed by atoms with Gasteiger partial charge in [0.2, 0.25) is 5.95 Å². The predicted octanol–water partition coefficient (Wildman–Crippen LogP) is 4.02. The van der Waals surface area contributed by atoms with Crippen molar-refractivity contribution in [3.8, 4) is 0 Å². The van der Waals surface area contributed by atoms with Gasteiger partial charge in [0.15, 0.2) is 0 Å². The maximum atomic E-state index is 12.2. The molecular formula is C20H28Cl3N5O2S. The van der Waals surface area contributed by atoms with Crippen LogP contribution in [0, 0.1) is 0 Å². The summed E-state index contributed by atoms with van der Waals surface area (Å²) in [6.45, 7) is 1.52. The highest BCUT2D eigenvalue weighted by Crippen LogP contribution is 2.16. The molecule has 3 aromatic heterocycles. The monoisotopic (exact) mass is 507 g/mol. The van der Waals surface area contributed by atoms with E-state index in [2.05, 4.69) is 25.2 Å². The van der Waals surface area contributed by atoms with E-state index >= 15 is 0 Å². The molecule has 0 aliphatic heterocycles. The number of thioether (sulfide) groups is 1. The number of halogens is 3. The standard InChI is InChI=1S/C20H25N5O2S.3ClH/c1-25(2)13-17-5-6-18(27-17)14-28-9-8-22-20-23-12-16(19(26)24-20)10-15-4-3-7-21-11-15;;;/h3-7,11-12H,8-10,13-14H2,1-2H3,(H2,22,23,24,26);3*1H. The lowest BCUT2D eigenvalue weighted by atomic mass is 10.1. The van der Waals surface area contributed by atoms with E-state index in [4.69, 9.17) is 4.42 Å². The average molecular weight is 509 g/mol. The Kier molecular flexibility index (Phi) is 14.3. The quantitative estimate of drug-likeness (QED) is 0.400. The lowest BCUT2D eigenvalue weighted by Gasteiger charge is -2.07. The zero-order chi connectivity index (χ0) is 19.8. The Morgan fingerprint density at radius 3 is 2.58 bits per heavy atom. The van der Waals surface area contributed by atoms with Crippen molar-refractivity contribution in [2.45, 2.75) is 18.7 Å². The number of hydrogen-bond acceptors (Lipinski definition) is 7. The number of hydrogen-bond donors (Lipinski definition) is 2. The summed E-state index contributed by atoms with van der Waals surface area (Å²) in [5.41, 5.74) is 1.48. The Hall–Kier alpha value is -1.71. The summed E-state index contributed by atoms with van der Waals surface area (Å²) in [5.74, 6) is 4.15. The van der Waals surface area contributed by atoms with Crippen molar-refractivity contribution in [1.82, 2.24) is 19.9 Å². The van der Waals surface area contributed by atoms with Crippen LogP contribution in [0.1, 0.15) is 22.6 Å². The Morgan fingerprint density at radius 1 is 1.13 bits per heavy atom. The topological polar surface area (TPSA) is 87.0 Å². The van der Waals surface area contributed by atoms with Crippen molar-refractivity contribution in [2.75, 3.05) is 31.7 Å². The lowest BCUT2D eigenvalue weighted by molar-refractivity contribution is 0.344. The van der Waals surface area contributed by atoms with E-state index in [9.17, 15) is 4.79 Å². The van der Waals surface area contributed by atoms with Gasteiger partial charge in [-0.25, -0.2) is 4.98 Å². The molecule has 31 heavy (non-hydrogen) atoms. The molecule has 3 rings (SSSR count). The molecule has 7 nitrogen and oxygen atoms in total. The fraction of sp³-hybridized carbons (Fsp3) is 0.350. The molecule has 11 heteroatoms. The first kappa shape index (κ1) is 29.3. The van der Waals surface area contributed by atoms with Crippen LogP contribution in [0.2, 0.25) is 0 Å². The lowest BCUT2D eigenvalue weighted by Crippen LogP contribution is -2.18. The zero-order valence-electron chi connectivity index (χ0n) is 17.4. The first-order chi connectivity index (χ1) is 13.6. The first-order valence-electron chi connectivity index (χ1n) is 9.11. The number of rotatable bonds is 10. The van der Waals surface area contributed by atoms with Gasteiger partial charge in [-0.2, -0.15) is 11.8 Å². The molecule has 0 aliphatic rings. The van der Waals surface area contributed by atoms with Crippen molar-refractivity contribution >= 4 is 54.9 Å². The Labute approximate surface area is 205 Å². The Bertz CT molecular complexity index is 938. The molecule has 0 amide bonds. The number of anilines is 1. The molecule has 0 aromatic carbocycles. The minimum atomic E-state index is -0.127. The normalized spacial score (nSPS) is 10.0. The number of aromatic amines is 1. The van der Waals surface area contributed by atoms with Gasteiger partial charge in [0.05, 0.1) is 12.3 Å². The molecule has 2 N–H and O–H groups in total. The van der Waals surface area contributed by atoms with Gasteiger partial charge in [0.1, 0.15) is 11.5 Å². The van der Waals surface area contributed by atoms with Gasteiger partial charge in [-0.05, 0) is 37.9 Å². The number of H-pyrrole nitrogens is 1. The van der Waals surface area contributed by atoms with Crippen molar-refractivity contribution in [1.29, 1.82) is 0 Å². The minimum Gasteiger partial charge on any atom is -0.464 e. The number of nitrogens with zero attached hydrogens (tertiary/aromatic N) is 3. The highest BCUT2D eigenvalue weighted by atomic mass is 35.5. The fourth-order valence-electron chi connectivity index (χ4n) is 2.67. The van der Waals surface area contributed by atoms with E-state index in [1.165, 1.54) is 0 Å². The van der Waals surface area contributed by atoms with Gasteiger partial charge in [0, 0.05) is 42.9 Å². The summed E-state index contributed by atoms with van der Waals surface area (Å²) in [5, 5.41) is 3.16. The predicted molar refractivity (Wildman–Crippen MR) is 134 cm³/mol. The third kappa shape index (κ3) is 9.97. The van der Waals surface area contributed by atoms with Gasteiger partial charge in [-0.15, -0.1) is 37.2 Å². The van der Waals surface area contributed by atoms with Crippen LogP contribution in [0.15, 0.2) is 52.1 Å². The second kappa shape index (κ2) is 15.2. The van der Waals surface area contributed by atoms with Crippen molar-refractivity contribution in [2.24, 2.45) is 0 Å². The molecule has 0 spiro atoms. The van der Waals surface area contributed by atoms with Gasteiger partial charge in [-0.3, -0.25) is 14.8 Å². The molecule has 3 aromatic rings. The highest BCUT2D eigenvalue weighted by Gasteiger charge is 2.05. The van der Waals surface area contributed by atoms with Crippen LogP contribution < -0.4 is 10.9 Å². The van der Waals surface area contributed by atoms with Crippen molar-refractivity contribution in [3.63, 3.8) is 0 Å². The van der Waals surface area contributed by atoms with Crippen LogP contribution in [0.3, 0.4) is 0 Å². The molecule has 3 heterocycles. The Morgan fingerprint density at radius 2 is 1.90 bits per heavy atom. The average Bonchev–Trinajstić information content (AvgIpc) is 3.11. The molecular weight excluding hydrogens is 481 g/mol. The number of nitrogens with one attached hydrogen (secondary N) is 2. The molecule has 0 aliphatic carbocycles. The number of aromatic nitrogens is 3. The highest BCUT2D eigenvalue weighted by molar-refractivity contribution is 7.98. The largest absolute Gasteiger partial charge is 0.464 e. The summed E-state index contributed by atoms with van der Waals surface area (Å²) in [6, 6.07) is 7.85. The molecule has 0 radical (unpaired) electrons. The molecule has 0 bridgehead atoms. The van der Waals surface area contributed by atoms with E-state index < -0.39 is 0 Å². The first-order valence-corrected chi connectivity index (χ1v) is 10.3. The summed E-state index contributed by atoms with van der Waals surface area (Å²) < 4.78 is 5.79. The maximum absolute atomic E-state index is 12.2. The molecule has 0 atom stereocenters. The summed E-state index contributed by atoms with van der Waals surface area (Å²) in [4.78, 5) is 25.5. The van der Waals surface area contributed by atoms with Gasteiger partial charge in [-0.1, -0.05) is 6.07 Å². The van der Waals surface area contributed by atoms with Crippen molar-refractivity contribution < 1.29 is 4.42 Å². The summed E-state index contributed by atoms with van der Waals surface area (Å²) in [7, 11) is 4.04. The molecule has 0 saturated heterocycles. The van der Waals surface area contributed by atoms with Crippen LogP contribution >= 0.6 is 49.0 Å². The van der Waals surface area contributed by atoms with Crippen LogP contribution in [-0.4, -0.2) is 46.2 Å². The van der Waals surface area contributed by atoms with Crippen LogP contribution in [-0.2, 0) is 18.7 Å². The minimum absolute atomic E-state index is 0.